The van der Waals surface area contributed by atoms with Gasteiger partial charge in [0.25, 0.3) is 0 Å². The van der Waals surface area contributed by atoms with Crippen LogP contribution in [0.4, 0.5) is 19.5 Å². The zero-order valence-corrected chi connectivity index (χ0v) is 29.6. The minimum absolute atomic E-state index is 0.00814. The van der Waals surface area contributed by atoms with Crippen molar-refractivity contribution in [1.29, 1.82) is 0 Å². The Kier molecular flexibility index (Phi) is 9.93. The van der Waals surface area contributed by atoms with Gasteiger partial charge in [-0.05, 0) is 75.9 Å². The van der Waals surface area contributed by atoms with Crippen molar-refractivity contribution in [2.24, 2.45) is 0 Å². The molecule has 6 rings (SSSR count). The number of pyridine rings is 1. The first-order chi connectivity index (χ1) is 24.1. The first-order valence-electron chi connectivity index (χ1n) is 16.3. The fourth-order valence-corrected chi connectivity index (χ4v) is 7.35. The van der Waals surface area contributed by atoms with Crippen LogP contribution in [0, 0.1) is 19.7 Å². The van der Waals surface area contributed by atoms with Gasteiger partial charge in [0.1, 0.15) is 29.1 Å². The molecule has 2 aromatic carbocycles. The molecule has 1 aliphatic heterocycles. The van der Waals surface area contributed by atoms with E-state index in [9.17, 15) is 17.6 Å². The summed E-state index contributed by atoms with van der Waals surface area (Å²) in [5.74, 6) is -0.380. The number of aryl methyl sites for hydroxylation is 2. The second kappa shape index (κ2) is 14.2. The van der Waals surface area contributed by atoms with E-state index in [-0.39, 0.29) is 42.6 Å². The molecule has 51 heavy (non-hydrogen) atoms. The summed E-state index contributed by atoms with van der Waals surface area (Å²) >= 11 is 0. The summed E-state index contributed by atoms with van der Waals surface area (Å²) in [4.78, 5) is 27.4. The lowest BCUT2D eigenvalue weighted by molar-refractivity contribution is 0.0124. The molecule has 0 radical (unpaired) electrons. The maximum absolute atomic E-state index is 15.3. The van der Waals surface area contributed by atoms with Gasteiger partial charge < -0.3 is 24.2 Å². The summed E-state index contributed by atoms with van der Waals surface area (Å²) in [6.45, 7) is 8.87. The number of carbonyl (C=O) groups is 1. The van der Waals surface area contributed by atoms with Crippen molar-refractivity contribution >= 4 is 32.7 Å². The Morgan fingerprint density at radius 2 is 1.82 bits per heavy atom. The summed E-state index contributed by atoms with van der Waals surface area (Å²) < 4.78 is 73.1. The van der Waals surface area contributed by atoms with E-state index in [0.29, 0.717) is 39.1 Å². The third-order valence-electron chi connectivity index (χ3n) is 8.10. The van der Waals surface area contributed by atoms with Crippen molar-refractivity contribution in [3.63, 3.8) is 0 Å². The number of alkyl halides is 1. The third kappa shape index (κ3) is 8.59. The minimum atomic E-state index is -3.83. The van der Waals surface area contributed by atoms with Crippen LogP contribution in [0.15, 0.2) is 65.4 Å². The second-order valence-electron chi connectivity index (χ2n) is 13.6. The van der Waals surface area contributed by atoms with Crippen molar-refractivity contribution in [2.75, 3.05) is 18.4 Å². The third-order valence-corrected chi connectivity index (χ3v) is 9.56. The number of anilines is 1. The van der Waals surface area contributed by atoms with E-state index in [1.165, 1.54) is 17.0 Å². The Balaban J connectivity index is 1.26. The number of hydrogen-bond donors (Lipinski definition) is 1. The fourth-order valence-electron chi connectivity index (χ4n) is 5.93. The largest absolute Gasteiger partial charge is 0.444 e. The number of ether oxygens (including phenoxy) is 2. The minimum Gasteiger partial charge on any atom is -0.444 e. The number of sulfone groups is 1. The molecule has 0 spiro atoms. The van der Waals surface area contributed by atoms with Crippen LogP contribution >= 0.6 is 0 Å². The fraction of sp³-hybridized carbons (Fsp3) is 0.361. The van der Waals surface area contributed by atoms with E-state index >= 15 is 4.39 Å². The molecular formula is C36H38F2N6O6S. The molecule has 15 heteroatoms. The van der Waals surface area contributed by atoms with Gasteiger partial charge in [0.05, 0.1) is 35.0 Å². The number of rotatable bonds is 9. The Bertz CT molecular complexity index is 2190. The maximum Gasteiger partial charge on any atom is 0.410 e. The van der Waals surface area contributed by atoms with Crippen molar-refractivity contribution in [3.05, 3.63) is 89.3 Å². The van der Waals surface area contributed by atoms with Crippen LogP contribution < -0.4 is 10.1 Å². The van der Waals surface area contributed by atoms with Crippen LogP contribution in [0.25, 0.3) is 22.0 Å². The summed E-state index contributed by atoms with van der Waals surface area (Å²) in [5.41, 5.74) is 1.20. The first kappa shape index (κ1) is 35.6. The molecule has 3 aromatic heterocycles. The maximum atomic E-state index is 15.3. The Morgan fingerprint density at radius 3 is 2.57 bits per heavy atom. The molecule has 1 amide bonds. The highest BCUT2D eigenvalue weighted by atomic mass is 32.2. The topological polar surface area (TPSA) is 150 Å². The number of benzene rings is 2. The molecule has 0 saturated carbocycles. The molecule has 1 N–H and O–H groups in total. The van der Waals surface area contributed by atoms with Gasteiger partial charge in [0, 0.05) is 48.4 Å². The zero-order valence-electron chi connectivity index (χ0n) is 28.8. The van der Waals surface area contributed by atoms with Crippen LogP contribution in [-0.2, 0) is 26.1 Å². The van der Waals surface area contributed by atoms with Gasteiger partial charge in [-0.3, -0.25) is 0 Å². The molecule has 0 bridgehead atoms. The normalized spacial score (nSPS) is 16.6. The number of carbonyl (C=O) groups excluding carboxylic acids is 1. The predicted molar refractivity (Wildman–Crippen MR) is 186 cm³/mol. The lowest BCUT2D eigenvalue weighted by Crippen LogP contribution is -2.51. The SMILES string of the molecule is Cc1cc(CS(=O)(=O)Cc2c(F)ccc3c(Oc4ncccc4-c4ccnc(N[C@@H]5C[C@@H](F)CN(C(=O)OC(C)(C)C)C5)n4)c(C)ccc23)no1. The van der Waals surface area contributed by atoms with Crippen molar-refractivity contribution in [3.8, 4) is 22.9 Å². The standard InChI is InChI=1S/C36H38F2N6O6S/c1-21-8-9-26-27(10-11-30(38)29(26)20-51(46,47)19-25-15-22(2)50-43-25)32(21)48-33-28(7-6-13-39-33)31-12-14-40-34(42-31)41-24-16-23(37)17-44(18-24)35(45)49-36(3,4)5/h6-15,23-24H,16-20H2,1-5H3,(H,40,41,42)/t23-,24-/m1/s1. The van der Waals surface area contributed by atoms with E-state index in [4.69, 9.17) is 14.0 Å². The highest BCUT2D eigenvalue weighted by molar-refractivity contribution is 7.89. The van der Waals surface area contributed by atoms with Crippen LogP contribution in [0.3, 0.4) is 0 Å². The molecule has 4 heterocycles. The van der Waals surface area contributed by atoms with E-state index in [0.717, 1.165) is 0 Å². The number of halogens is 2. The zero-order chi connectivity index (χ0) is 36.5. The molecule has 1 saturated heterocycles. The lowest BCUT2D eigenvalue weighted by Gasteiger charge is -2.36. The average Bonchev–Trinajstić information content (AvgIpc) is 3.46. The summed E-state index contributed by atoms with van der Waals surface area (Å²) in [7, 11) is -3.83. The van der Waals surface area contributed by atoms with E-state index in [1.54, 1.807) is 76.5 Å². The molecule has 1 fully saturated rings. The predicted octanol–water partition coefficient (Wildman–Crippen LogP) is 7.10. The number of piperidine rings is 1. The Morgan fingerprint density at radius 1 is 1.04 bits per heavy atom. The van der Waals surface area contributed by atoms with Gasteiger partial charge in [-0.1, -0.05) is 17.3 Å². The smallest absolute Gasteiger partial charge is 0.410 e. The molecule has 12 nitrogen and oxygen atoms in total. The van der Waals surface area contributed by atoms with Gasteiger partial charge in [0.2, 0.25) is 11.8 Å². The van der Waals surface area contributed by atoms with Gasteiger partial charge in [-0.2, -0.15) is 0 Å². The number of likely N-dealkylation sites (tertiary alicyclic amines) is 1. The average molecular weight is 721 g/mol. The lowest BCUT2D eigenvalue weighted by atomic mass is 10.0. The van der Waals surface area contributed by atoms with Crippen molar-refractivity contribution in [2.45, 2.75) is 70.4 Å². The Hall–Kier alpha value is -5.18. The van der Waals surface area contributed by atoms with E-state index < -0.39 is 51.1 Å². The molecule has 0 unspecified atom stereocenters. The first-order valence-corrected chi connectivity index (χ1v) is 18.1. The number of hydrogen-bond acceptors (Lipinski definition) is 11. The van der Waals surface area contributed by atoms with Crippen LogP contribution in [0.2, 0.25) is 0 Å². The van der Waals surface area contributed by atoms with Crippen molar-refractivity contribution in [1.82, 2.24) is 25.0 Å². The summed E-state index contributed by atoms with van der Waals surface area (Å²) in [6, 6.07) is 12.4. The molecule has 0 aliphatic carbocycles. The molecule has 268 valence electrons. The summed E-state index contributed by atoms with van der Waals surface area (Å²) in [6.07, 6.45) is 1.39. The quantitative estimate of drug-likeness (QED) is 0.166. The Labute approximate surface area is 294 Å². The number of nitrogens with zero attached hydrogens (tertiary/aromatic N) is 5. The number of fused-ring (bicyclic) bond motifs is 1. The second-order valence-corrected chi connectivity index (χ2v) is 15.6. The highest BCUT2D eigenvalue weighted by Gasteiger charge is 2.33. The molecular weight excluding hydrogens is 682 g/mol. The van der Waals surface area contributed by atoms with Gasteiger partial charge in [-0.25, -0.2) is 36.9 Å². The van der Waals surface area contributed by atoms with E-state index in [1.807, 2.05) is 6.92 Å². The van der Waals surface area contributed by atoms with Gasteiger partial charge in [-0.15, -0.1) is 0 Å². The van der Waals surface area contributed by atoms with Gasteiger partial charge >= 0.3 is 6.09 Å². The number of nitrogens with one attached hydrogen (secondary N) is 1. The van der Waals surface area contributed by atoms with Gasteiger partial charge in [0.15, 0.2) is 9.84 Å². The molecule has 2 atom stereocenters. The number of amides is 1. The highest BCUT2D eigenvalue weighted by Crippen LogP contribution is 2.38. The van der Waals surface area contributed by atoms with Crippen LogP contribution in [0.5, 0.6) is 11.6 Å². The molecule has 5 aromatic rings. The summed E-state index contributed by atoms with van der Waals surface area (Å²) in [5, 5.41) is 7.79. The van der Waals surface area contributed by atoms with Crippen LogP contribution in [-0.4, -0.2) is 70.4 Å². The van der Waals surface area contributed by atoms with Crippen LogP contribution in [0.1, 0.15) is 49.8 Å². The number of aromatic nitrogens is 4. The van der Waals surface area contributed by atoms with Crippen molar-refractivity contribution < 1.29 is 36.0 Å². The van der Waals surface area contributed by atoms with E-state index in [2.05, 4.69) is 25.4 Å². The monoisotopic (exact) mass is 720 g/mol. The molecule has 1 aliphatic rings.